The quantitative estimate of drug-likeness (QED) is 0.763. The van der Waals surface area contributed by atoms with Gasteiger partial charge in [0, 0.05) is 22.0 Å². The van der Waals surface area contributed by atoms with Gasteiger partial charge in [-0.05, 0) is 5.56 Å². The molecule has 1 aliphatic heterocycles. The smallest absolute Gasteiger partial charge is 0.200 e. The number of benzene rings is 2. The molecule has 0 atom stereocenters. The third-order valence-electron chi connectivity index (χ3n) is 3.06. The van der Waals surface area contributed by atoms with Crippen molar-refractivity contribution in [3.05, 3.63) is 76.7 Å². The summed E-state index contributed by atoms with van der Waals surface area (Å²) >= 11 is 3.46. The average Bonchev–Trinajstić information content (AvgIpc) is 2.56. The van der Waals surface area contributed by atoms with E-state index < -0.39 is 0 Å². The van der Waals surface area contributed by atoms with Crippen molar-refractivity contribution in [1.82, 2.24) is 0 Å². The molecular weight excluding hydrogens is 284 g/mol. The molecule has 3 heteroatoms. The van der Waals surface area contributed by atoms with Gasteiger partial charge in [0.15, 0.2) is 5.78 Å². The molecule has 0 bridgehead atoms. The van der Waals surface area contributed by atoms with Gasteiger partial charge in [-0.2, -0.15) is 0 Å². The van der Waals surface area contributed by atoms with Gasteiger partial charge in [0.05, 0.1) is 4.91 Å². The molecule has 0 N–H and O–H groups in total. The Labute approximate surface area is 127 Å². The predicted molar refractivity (Wildman–Crippen MR) is 89.1 cm³/mol. The van der Waals surface area contributed by atoms with Crippen molar-refractivity contribution in [1.29, 1.82) is 0 Å². The van der Waals surface area contributed by atoms with E-state index >= 15 is 0 Å². The Morgan fingerprint density at radius 2 is 1.40 bits per heavy atom. The van der Waals surface area contributed by atoms with Crippen LogP contribution in [-0.4, -0.2) is 17.3 Å². The highest BCUT2D eigenvalue weighted by molar-refractivity contribution is 8.14. The fraction of sp³-hybridized carbons (Fsp3) is 0.118. The Kier molecular flexibility index (Phi) is 4.28. The largest absolute Gasteiger partial charge is 0.288 e. The van der Waals surface area contributed by atoms with Gasteiger partial charge in [-0.25, -0.2) is 0 Å². The summed E-state index contributed by atoms with van der Waals surface area (Å²) in [5.41, 5.74) is 1.91. The highest BCUT2D eigenvalue weighted by atomic mass is 32.2. The summed E-state index contributed by atoms with van der Waals surface area (Å²) in [5.74, 6) is 2.19. The molecule has 1 heterocycles. The molecule has 0 spiro atoms. The first-order valence-electron chi connectivity index (χ1n) is 6.51. The summed E-state index contributed by atoms with van der Waals surface area (Å²) in [4.78, 5) is 14.7. The minimum Gasteiger partial charge on any atom is -0.288 e. The minimum atomic E-state index is 0.140. The summed E-state index contributed by atoms with van der Waals surface area (Å²) < 4.78 is 0. The first-order chi connectivity index (χ1) is 9.86. The van der Waals surface area contributed by atoms with Gasteiger partial charge in [0.25, 0.3) is 0 Å². The fourth-order valence-electron chi connectivity index (χ4n) is 2.11. The lowest BCUT2D eigenvalue weighted by atomic mass is 10.1. The number of carbonyl (C=O) groups excluding carboxylic acids is 1. The standard InChI is InChI=1S/C17H14OS2/c18-15(13-7-3-1-4-8-13)17-16(19-11-12-20-17)14-9-5-2-6-10-14/h1-10H,11-12H2. The molecule has 0 amide bonds. The second-order valence-electron chi connectivity index (χ2n) is 4.42. The van der Waals surface area contributed by atoms with E-state index in [2.05, 4.69) is 12.1 Å². The number of carbonyl (C=O) groups is 1. The molecule has 100 valence electrons. The number of hydrogen-bond donors (Lipinski definition) is 0. The minimum absolute atomic E-state index is 0.140. The lowest BCUT2D eigenvalue weighted by Gasteiger charge is -2.18. The van der Waals surface area contributed by atoms with E-state index in [9.17, 15) is 4.79 Å². The highest BCUT2D eigenvalue weighted by Crippen LogP contribution is 2.41. The second-order valence-corrected chi connectivity index (χ2v) is 6.63. The molecule has 0 saturated carbocycles. The molecule has 0 aliphatic carbocycles. The van der Waals surface area contributed by atoms with Crippen molar-refractivity contribution in [3.63, 3.8) is 0 Å². The summed E-state index contributed by atoms with van der Waals surface area (Å²) in [5, 5.41) is 0. The maximum absolute atomic E-state index is 12.7. The Morgan fingerprint density at radius 1 is 0.800 bits per heavy atom. The topological polar surface area (TPSA) is 17.1 Å². The maximum atomic E-state index is 12.7. The molecule has 0 radical (unpaired) electrons. The van der Waals surface area contributed by atoms with Crippen molar-refractivity contribution in [2.45, 2.75) is 0 Å². The lowest BCUT2D eigenvalue weighted by Crippen LogP contribution is -2.07. The van der Waals surface area contributed by atoms with E-state index in [1.54, 1.807) is 23.5 Å². The van der Waals surface area contributed by atoms with Crippen LogP contribution in [0.5, 0.6) is 0 Å². The van der Waals surface area contributed by atoms with Gasteiger partial charge >= 0.3 is 0 Å². The molecule has 1 aliphatic rings. The summed E-state index contributed by atoms with van der Waals surface area (Å²) in [6, 6.07) is 19.7. The zero-order valence-corrected chi connectivity index (χ0v) is 12.5. The zero-order valence-electron chi connectivity index (χ0n) is 10.9. The van der Waals surface area contributed by atoms with Crippen LogP contribution < -0.4 is 0 Å². The van der Waals surface area contributed by atoms with Crippen molar-refractivity contribution >= 4 is 34.2 Å². The molecule has 2 aromatic rings. The second kappa shape index (κ2) is 6.33. The summed E-state index contributed by atoms with van der Waals surface area (Å²) in [6.45, 7) is 0. The van der Waals surface area contributed by atoms with Crippen molar-refractivity contribution < 1.29 is 4.79 Å². The molecule has 0 fully saturated rings. The van der Waals surface area contributed by atoms with Crippen LogP contribution in [0.1, 0.15) is 15.9 Å². The normalized spacial score (nSPS) is 15.2. The Balaban J connectivity index is 2.04. The van der Waals surface area contributed by atoms with E-state index in [4.69, 9.17) is 0 Å². The van der Waals surface area contributed by atoms with Crippen LogP contribution in [0, 0.1) is 0 Å². The third-order valence-corrected chi connectivity index (χ3v) is 5.67. The molecule has 2 aromatic carbocycles. The van der Waals surface area contributed by atoms with Gasteiger partial charge in [-0.3, -0.25) is 4.79 Å². The Bertz CT molecular complexity index is 633. The Morgan fingerprint density at radius 3 is 2.10 bits per heavy atom. The number of rotatable bonds is 3. The van der Waals surface area contributed by atoms with Gasteiger partial charge in [0.1, 0.15) is 0 Å². The van der Waals surface area contributed by atoms with Crippen molar-refractivity contribution in [2.24, 2.45) is 0 Å². The van der Waals surface area contributed by atoms with Crippen LogP contribution in [0.2, 0.25) is 0 Å². The van der Waals surface area contributed by atoms with Gasteiger partial charge in [-0.15, -0.1) is 23.5 Å². The lowest BCUT2D eigenvalue weighted by molar-refractivity contribution is 0.104. The predicted octanol–water partition coefficient (Wildman–Crippen LogP) is 4.72. The molecular formula is C17H14OS2. The van der Waals surface area contributed by atoms with E-state index in [0.29, 0.717) is 0 Å². The Hall–Kier alpha value is -1.45. The fourth-order valence-corrected chi connectivity index (χ4v) is 4.56. The van der Waals surface area contributed by atoms with Gasteiger partial charge in [-0.1, -0.05) is 60.7 Å². The molecule has 1 nitrogen and oxygen atoms in total. The monoisotopic (exact) mass is 298 g/mol. The molecule has 20 heavy (non-hydrogen) atoms. The number of allylic oxidation sites excluding steroid dienone is 1. The van der Waals surface area contributed by atoms with Gasteiger partial charge in [0.2, 0.25) is 0 Å². The molecule has 0 unspecified atom stereocenters. The van der Waals surface area contributed by atoms with Crippen LogP contribution in [0.4, 0.5) is 0 Å². The SMILES string of the molecule is O=C(C1=C(c2ccccc2)SCCS1)c1ccccc1. The third kappa shape index (κ3) is 2.84. The van der Waals surface area contributed by atoms with E-state index in [1.165, 1.54) is 0 Å². The first kappa shape index (κ1) is 13.5. The van der Waals surface area contributed by atoms with Crippen molar-refractivity contribution in [2.75, 3.05) is 11.5 Å². The highest BCUT2D eigenvalue weighted by Gasteiger charge is 2.22. The van der Waals surface area contributed by atoms with Crippen LogP contribution >= 0.6 is 23.5 Å². The zero-order chi connectivity index (χ0) is 13.8. The van der Waals surface area contributed by atoms with E-state index in [0.717, 1.165) is 32.4 Å². The molecule has 0 saturated heterocycles. The van der Waals surface area contributed by atoms with Crippen LogP contribution in [0.25, 0.3) is 4.91 Å². The van der Waals surface area contributed by atoms with E-state index in [1.807, 2.05) is 48.5 Å². The maximum Gasteiger partial charge on any atom is 0.200 e. The van der Waals surface area contributed by atoms with Gasteiger partial charge < -0.3 is 0 Å². The van der Waals surface area contributed by atoms with Crippen LogP contribution in [0.15, 0.2) is 65.6 Å². The number of thioether (sulfide) groups is 2. The number of Topliss-reactive ketones (excluding diaryl/α,β-unsaturated/α-hetero) is 1. The van der Waals surface area contributed by atoms with Crippen LogP contribution in [0.3, 0.4) is 0 Å². The summed E-state index contributed by atoms with van der Waals surface area (Å²) in [7, 11) is 0. The number of ketones is 1. The van der Waals surface area contributed by atoms with E-state index in [-0.39, 0.29) is 5.78 Å². The van der Waals surface area contributed by atoms with Crippen LogP contribution in [-0.2, 0) is 0 Å². The average molecular weight is 298 g/mol. The first-order valence-corrected chi connectivity index (χ1v) is 8.48. The van der Waals surface area contributed by atoms with Crippen molar-refractivity contribution in [3.8, 4) is 0 Å². The molecule has 0 aromatic heterocycles. The number of hydrogen-bond acceptors (Lipinski definition) is 3. The summed E-state index contributed by atoms with van der Waals surface area (Å²) in [6.07, 6.45) is 0. The molecule has 3 rings (SSSR count).